The van der Waals surface area contributed by atoms with Crippen molar-refractivity contribution in [2.45, 2.75) is 12.2 Å². The number of carboxylic acids is 1. The minimum Gasteiger partial charge on any atom is -0.496 e. The van der Waals surface area contributed by atoms with E-state index in [1.807, 2.05) is 0 Å². The Morgan fingerprint density at radius 2 is 1.84 bits per heavy atom. The highest BCUT2D eigenvalue weighted by Crippen LogP contribution is 2.28. The van der Waals surface area contributed by atoms with Gasteiger partial charge >= 0.3 is 11.9 Å². The van der Waals surface area contributed by atoms with Crippen LogP contribution in [-0.2, 0) is 9.53 Å². The van der Waals surface area contributed by atoms with Gasteiger partial charge in [-0.2, -0.15) is 0 Å². The summed E-state index contributed by atoms with van der Waals surface area (Å²) in [6.07, 6.45) is -3.36. The predicted molar refractivity (Wildman–Crippen MR) is 62.9 cm³/mol. The van der Waals surface area contributed by atoms with Crippen molar-refractivity contribution in [2.75, 3.05) is 14.2 Å². The van der Waals surface area contributed by atoms with Gasteiger partial charge in [0.25, 0.3) is 0 Å². The normalized spacial score (nSPS) is 13.5. The Balaban J connectivity index is 3.12. The lowest BCUT2D eigenvalue weighted by Crippen LogP contribution is -2.29. The van der Waals surface area contributed by atoms with Crippen LogP contribution in [0.4, 0.5) is 0 Å². The maximum absolute atomic E-state index is 11.1. The van der Waals surface area contributed by atoms with Crippen molar-refractivity contribution in [3.05, 3.63) is 29.3 Å². The first-order chi connectivity index (χ1) is 8.92. The first-order valence-corrected chi connectivity index (χ1v) is 5.27. The number of esters is 1. The number of benzene rings is 1. The van der Waals surface area contributed by atoms with E-state index in [1.54, 1.807) is 0 Å². The van der Waals surface area contributed by atoms with Crippen molar-refractivity contribution >= 4 is 11.9 Å². The molecular weight excluding hydrogens is 256 g/mol. The Hall–Kier alpha value is -2.12. The molecule has 0 heterocycles. The highest BCUT2D eigenvalue weighted by Gasteiger charge is 2.29. The number of aromatic carboxylic acids is 1. The van der Waals surface area contributed by atoms with Crippen molar-refractivity contribution in [2.24, 2.45) is 0 Å². The maximum Gasteiger partial charge on any atom is 0.337 e. The van der Waals surface area contributed by atoms with Crippen LogP contribution in [-0.4, -0.2) is 47.6 Å². The van der Waals surface area contributed by atoms with Crippen molar-refractivity contribution in [1.29, 1.82) is 0 Å². The number of rotatable bonds is 5. The minimum atomic E-state index is -1.78. The molecule has 0 aliphatic rings. The second-order valence-corrected chi connectivity index (χ2v) is 3.67. The van der Waals surface area contributed by atoms with Crippen molar-refractivity contribution < 1.29 is 34.4 Å². The summed E-state index contributed by atoms with van der Waals surface area (Å²) in [4.78, 5) is 21.9. The molecule has 7 heteroatoms. The molecule has 0 bridgehead atoms. The topological polar surface area (TPSA) is 113 Å². The number of aliphatic hydroxyl groups is 2. The molecule has 1 aromatic carbocycles. The second kappa shape index (κ2) is 6.17. The van der Waals surface area contributed by atoms with Crippen LogP contribution in [0.2, 0.25) is 0 Å². The van der Waals surface area contributed by atoms with Crippen LogP contribution in [0.5, 0.6) is 5.75 Å². The molecule has 1 aromatic rings. The quantitative estimate of drug-likeness (QED) is 0.643. The van der Waals surface area contributed by atoms with Gasteiger partial charge in [0.15, 0.2) is 6.10 Å². The lowest BCUT2D eigenvalue weighted by molar-refractivity contribution is -0.156. The van der Waals surface area contributed by atoms with Crippen LogP contribution in [0.1, 0.15) is 22.0 Å². The fraction of sp³-hybridized carbons (Fsp3) is 0.333. The Labute approximate surface area is 109 Å². The van der Waals surface area contributed by atoms with Gasteiger partial charge in [-0.05, 0) is 12.1 Å². The summed E-state index contributed by atoms with van der Waals surface area (Å²) in [6, 6.07) is 3.68. The van der Waals surface area contributed by atoms with Crippen molar-refractivity contribution in [3.8, 4) is 5.75 Å². The smallest absolute Gasteiger partial charge is 0.337 e. The Kier molecular flexibility index (Phi) is 4.85. The molecule has 0 saturated heterocycles. The summed E-state index contributed by atoms with van der Waals surface area (Å²) in [7, 11) is 2.35. The van der Waals surface area contributed by atoms with Crippen LogP contribution in [0.25, 0.3) is 0 Å². The predicted octanol–water partition coefficient (Wildman–Crippen LogP) is -0.0393. The molecule has 19 heavy (non-hydrogen) atoms. The molecule has 2 unspecified atom stereocenters. The van der Waals surface area contributed by atoms with E-state index >= 15 is 0 Å². The summed E-state index contributed by atoms with van der Waals surface area (Å²) in [6.45, 7) is 0. The third-order valence-electron chi connectivity index (χ3n) is 2.54. The lowest BCUT2D eigenvalue weighted by Gasteiger charge is -2.18. The molecule has 0 amide bonds. The zero-order valence-corrected chi connectivity index (χ0v) is 10.4. The van der Waals surface area contributed by atoms with Gasteiger partial charge in [0.2, 0.25) is 0 Å². The van der Waals surface area contributed by atoms with Gasteiger partial charge in [-0.25, -0.2) is 9.59 Å². The largest absolute Gasteiger partial charge is 0.496 e. The molecular formula is C12H14O7. The molecule has 0 radical (unpaired) electrons. The van der Waals surface area contributed by atoms with E-state index in [9.17, 15) is 19.8 Å². The molecule has 0 fully saturated rings. The molecule has 0 aliphatic heterocycles. The molecule has 0 aromatic heterocycles. The van der Waals surface area contributed by atoms with E-state index in [1.165, 1.54) is 25.3 Å². The first kappa shape index (κ1) is 14.9. The number of hydrogen-bond acceptors (Lipinski definition) is 6. The lowest BCUT2D eigenvalue weighted by atomic mass is 10.0. The van der Waals surface area contributed by atoms with Crippen LogP contribution >= 0.6 is 0 Å². The van der Waals surface area contributed by atoms with Gasteiger partial charge in [0, 0.05) is 5.56 Å². The number of carboxylic acid groups (broad SMARTS) is 1. The summed E-state index contributed by atoms with van der Waals surface area (Å²) < 4.78 is 9.24. The average molecular weight is 270 g/mol. The third-order valence-corrected chi connectivity index (χ3v) is 2.54. The van der Waals surface area contributed by atoms with Gasteiger partial charge in [-0.1, -0.05) is 6.07 Å². The molecule has 104 valence electrons. The fourth-order valence-corrected chi connectivity index (χ4v) is 1.51. The van der Waals surface area contributed by atoms with Gasteiger partial charge in [-0.3, -0.25) is 0 Å². The van der Waals surface area contributed by atoms with Gasteiger partial charge in [0.05, 0.1) is 19.8 Å². The molecule has 7 nitrogen and oxygen atoms in total. The summed E-state index contributed by atoms with van der Waals surface area (Å²) in [5.41, 5.74) is 0.0470. The maximum atomic E-state index is 11.1. The standard InChI is InChI=1S/C12H14O7/c1-18-8-5-6(11(15)16)3-4-7(8)9(13)10(14)12(17)19-2/h3-5,9-10,13-14H,1-2H3,(H,15,16). The Bertz CT molecular complexity index is 483. The molecule has 2 atom stereocenters. The van der Waals surface area contributed by atoms with Crippen molar-refractivity contribution in [3.63, 3.8) is 0 Å². The van der Waals surface area contributed by atoms with Crippen LogP contribution in [0.3, 0.4) is 0 Å². The first-order valence-electron chi connectivity index (χ1n) is 5.27. The third kappa shape index (κ3) is 3.21. The van der Waals surface area contributed by atoms with Crippen LogP contribution in [0.15, 0.2) is 18.2 Å². The number of carbonyl (C=O) groups excluding carboxylic acids is 1. The molecule has 1 rings (SSSR count). The molecule has 0 spiro atoms. The van der Waals surface area contributed by atoms with Crippen LogP contribution < -0.4 is 4.74 Å². The van der Waals surface area contributed by atoms with E-state index < -0.39 is 24.1 Å². The number of hydrogen-bond donors (Lipinski definition) is 3. The SMILES string of the molecule is COC(=O)C(O)C(O)c1ccc(C(=O)O)cc1OC. The summed E-state index contributed by atoms with van der Waals surface area (Å²) >= 11 is 0. The zero-order chi connectivity index (χ0) is 14.6. The van der Waals surface area contributed by atoms with Gasteiger partial charge in [0.1, 0.15) is 11.9 Å². The van der Waals surface area contributed by atoms with Crippen LogP contribution in [0, 0.1) is 0 Å². The Morgan fingerprint density at radius 3 is 2.32 bits per heavy atom. The highest BCUT2D eigenvalue weighted by atomic mass is 16.5. The monoisotopic (exact) mass is 270 g/mol. The number of methoxy groups -OCH3 is 2. The van der Waals surface area contributed by atoms with E-state index in [2.05, 4.69) is 4.74 Å². The van der Waals surface area contributed by atoms with Gasteiger partial charge in [-0.15, -0.1) is 0 Å². The van der Waals surface area contributed by atoms with E-state index in [4.69, 9.17) is 9.84 Å². The minimum absolute atomic E-state index is 0.0413. The number of carbonyl (C=O) groups is 2. The Morgan fingerprint density at radius 1 is 1.21 bits per heavy atom. The molecule has 0 saturated carbocycles. The number of ether oxygens (including phenoxy) is 2. The molecule has 3 N–H and O–H groups in total. The highest BCUT2D eigenvalue weighted by molar-refractivity contribution is 5.88. The zero-order valence-electron chi connectivity index (χ0n) is 10.4. The van der Waals surface area contributed by atoms with E-state index in [0.717, 1.165) is 7.11 Å². The van der Waals surface area contributed by atoms with Crippen molar-refractivity contribution in [1.82, 2.24) is 0 Å². The van der Waals surface area contributed by atoms with E-state index in [-0.39, 0.29) is 16.9 Å². The van der Waals surface area contributed by atoms with Gasteiger partial charge < -0.3 is 24.8 Å². The number of aliphatic hydroxyl groups excluding tert-OH is 2. The molecule has 0 aliphatic carbocycles. The summed E-state index contributed by atoms with van der Waals surface area (Å²) in [5.74, 6) is -2.11. The fourth-order valence-electron chi connectivity index (χ4n) is 1.51. The average Bonchev–Trinajstić information content (AvgIpc) is 2.43. The second-order valence-electron chi connectivity index (χ2n) is 3.67. The summed E-state index contributed by atoms with van der Waals surface area (Å²) in [5, 5.41) is 28.2. The van der Waals surface area contributed by atoms with E-state index in [0.29, 0.717) is 0 Å².